The highest BCUT2D eigenvalue weighted by atomic mass is 16.4. The Balaban J connectivity index is 1.35. The molecule has 0 spiro atoms. The van der Waals surface area contributed by atoms with Gasteiger partial charge in [-0.25, -0.2) is 9.78 Å². The van der Waals surface area contributed by atoms with E-state index in [1.807, 2.05) is 30.3 Å². The normalized spacial score (nSPS) is 15.7. The Hall–Kier alpha value is -3.18. The molecular weight excluding hydrogens is 362 g/mol. The molecule has 0 aliphatic carbocycles. The van der Waals surface area contributed by atoms with Crippen LogP contribution in [0.15, 0.2) is 76.1 Å². The molecule has 4 aromatic rings. The van der Waals surface area contributed by atoms with Crippen molar-refractivity contribution in [1.82, 2.24) is 9.88 Å². The standard InChI is InChI=1S/C24H23N3O2/c28-24-22-20(19-8-4-5-9-21(19)29-24)10-13-25-23(22)26-18-11-14-27(15-12-18)16-17-6-2-1-3-7-17/h1-10,13,18H,11-12,14-16H2,(H,25,26). The van der Waals surface area contributed by atoms with Gasteiger partial charge in [-0.2, -0.15) is 0 Å². The summed E-state index contributed by atoms with van der Waals surface area (Å²) in [7, 11) is 0. The van der Waals surface area contributed by atoms with Crippen LogP contribution in [0.5, 0.6) is 0 Å². The Morgan fingerprint density at radius 1 is 0.966 bits per heavy atom. The molecule has 29 heavy (non-hydrogen) atoms. The second kappa shape index (κ2) is 7.68. The zero-order valence-corrected chi connectivity index (χ0v) is 16.2. The minimum atomic E-state index is -0.337. The van der Waals surface area contributed by atoms with Gasteiger partial charge in [0.15, 0.2) is 0 Å². The summed E-state index contributed by atoms with van der Waals surface area (Å²) in [5, 5.41) is 5.88. The molecule has 0 radical (unpaired) electrons. The third kappa shape index (κ3) is 3.61. The molecule has 2 aromatic heterocycles. The Morgan fingerprint density at radius 2 is 1.72 bits per heavy atom. The first kappa shape index (κ1) is 17.9. The third-order valence-electron chi connectivity index (χ3n) is 5.71. The molecule has 1 saturated heterocycles. The van der Waals surface area contributed by atoms with Crippen LogP contribution in [0.25, 0.3) is 21.7 Å². The molecule has 1 fully saturated rings. The van der Waals surface area contributed by atoms with E-state index in [0.717, 1.165) is 43.2 Å². The van der Waals surface area contributed by atoms with Gasteiger partial charge >= 0.3 is 5.63 Å². The number of piperidine rings is 1. The van der Waals surface area contributed by atoms with Gasteiger partial charge in [-0.05, 0) is 30.5 Å². The number of pyridine rings is 1. The maximum atomic E-state index is 12.7. The second-order valence-electron chi connectivity index (χ2n) is 7.65. The largest absolute Gasteiger partial charge is 0.422 e. The molecule has 0 unspecified atom stereocenters. The zero-order valence-electron chi connectivity index (χ0n) is 16.2. The maximum absolute atomic E-state index is 12.7. The number of nitrogens with zero attached hydrogens (tertiary/aromatic N) is 2. The minimum absolute atomic E-state index is 0.297. The number of likely N-dealkylation sites (tertiary alicyclic amines) is 1. The SMILES string of the molecule is O=c1oc2ccccc2c2ccnc(NC3CCN(Cc4ccccc4)CC3)c12. The van der Waals surface area contributed by atoms with Gasteiger partial charge in [-0.3, -0.25) is 4.90 Å². The predicted octanol–water partition coefficient (Wildman–Crippen LogP) is 4.42. The molecule has 0 bridgehead atoms. The monoisotopic (exact) mass is 385 g/mol. The fourth-order valence-electron chi connectivity index (χ4n) is 4.20. The van der Waals surface area contributed by atoms with Crippen LogP contribution >= 0.6 is 0 Å². The first-order valence-corrected chi connectivity index (χ1v) is 10.1. The van der Waals surface area contributed by atoms with Crippen molar-refractivity contribution in [2.45, 2.75) is 25.4 Å². The highest BCUT2D eigenvalue weighted by molar-refractivity contribution is 6.07. The smallest absolute Gasteiger partial charge is 0.347 e. The van der Waals surface area contributed by atoms with E-state index in [2.05, 4.69) is 45.5 Å². The van der Waals surface area contributed by atoms with Gasteiger partial charge in [-0.15, -0.1) is 0 Å². The van der Waals surface area contributed by atoms with Crippen LogP contribution in [0.1, 0.15) is 18.4 Å². The van der Waals surface area contributed by atoms with Crippen molar-refractivity contribution >= 4 is 27.6 Å². The molecule has 0 saturated carbocycles. The van der Waals surface area contributed by atoms with Gasteiger partial charge in [0.05, 0.1) is 0 Å². The van der Waals surface area contributed by atoms with Gasteiger partial charge in [0.25, 0.3) is 0 Å². The summed E-state index contributed by atoms with van der Waals surface area (Å²) >= 11 is 0. The molecule has 2 aromatic carbocycles. The van der Waals surface area contributed by atoms with Crippen LogP contribution < -0.4 is 10.9 Å². The second-order valence-corrected chi connectivity index (χ2v) is 7.65. The van der Waals surface area contributed by atoms with E-state index in [1.165, 1.54) is 5.56 Å². The maximum Gasteiger partial charge on any atom is 0.347 e. The number of nitrogens with one attached hydrogen (secondary N) is 1. The number of hydrogen-bond donors (Lipinski definition) is 1. The number of fused-ring (bicyclic) bond motifs is 3. The first-order chi connectivity index (χ1) is 14.3. The lowest BCUT2D eigenvalue weighted by Gasteiger charge is -2.32. The van der Waals surface area contributed by atoms with Crippen LogP contribution in [0.3, 0.4) is 0 Å². The van der Waals surface area contributed by atoms with Gasteiger partial charge in [-0.1, -0.05) is 48.5 Å². The molecule has 146 valence electrons. The minimum Gasteiger partial charge on any atom is -0.422 e. The fraction of sp³-hybridized carbons (Fsp3) is 0.250. The van der Waals surface area contributed by atoms with Crippen LogP contribution in [0.4, 0.5) is 5.82 Å². The molecule has 3 heterocycles. The molecule has 1 aliphatic heterocycles. The molecule has 0 atom stereocenters. The number of aromatic nitrogens is 1. The van der Waals surface area contributed by atoms with Gasteiger partial charge in [0.2, 0.25) is 0 Å². The van der Waals surface area contributed by atoms with Crippen LogP contribution in [-0.2, 0) is 6.54 Å². The molecule has 5 rings (SSSR count). The van der Waals surface area contributed by atoms with E-state index in [0.29, 0.717) is 22.8 Å². The summed E-state index contributed by atoms with van der Waals surface area (Å²) < 4.78 is 5.54. The fourth-order valence-corrected chi connectivity index (χ4v) is 4.20. The topological polar surface area (TPSA) is 58.4 Å². The van der Waals surface area contributed by atoms with E-state index in [4.69, 9.17) is 4.42 Å². The third-order valence-corrected chi connectivity index (χ3v) is 5.71. The number of benzene rings is 2. The summed E-state index contributed by atoms with van der Waals surface area (Å²) in [6.07, 6.45) is 3.80. The summed E-state index contributed by atoms with van der Waals surface area (Å²) in [5.74, 6) is 0.628. The van der Waals surface area contributed by atoms with E-state index >= 15 is 0 Å². The Labute approximate surface area is 169 Å². The Kier molecular flexibility index (Phi) is 4.74. The van der Waals surface area contributed by atoms with Crippen molar-refractivity contribution in [3.05, 3.63) is 82.8 Å². The van der Waals surface area contributed by atoms with Crippen LogP contribution in [0.2, 0.25) is 0 Å². The average Bonchev–Trinajstić information content (AvgIpc) is 2.76. The van der Waals surface area contributed by atoms with Gasteiger partial charge in [0, 0.05) is 42.6 Å². The van der Waals surface area contributed by atoms with Crippen LogP contribution in [-0.4, -0.2) is 29.0 Å². The lowest BCUT2D eigenvalue weighted by atomic mass is 10.0. The molecular formula is C24H23N3O2. The lowest BCUT2D eigenvalue weighted by Crippen LogP contribution is -2.38. The molecule has 0 amide bonds. The lowest BCUT2D eigenvalue weighted by molar-refractivity contribution is 0.211. The highest BCUT2D eigenvalue weighted by Gasteiger charge is 2.21. The summed E-state index contributed by atoms with van der Waals surface area (Å²) in [4.78, 5) is 19.6. The summed E-state index contributed by atoms with van der Waals surface area (Å²) in [6, 6.07) is 20.4. The van der Waals surface area contributed by atoms with E-state index in [1.54, 1.807) is 6.20 Å². The zero-order chi connectivity index (χ0) is 19.6. The van der Waals surface area contributed by atoms with E-state index in [-0.39, 0.29) is 5.63 Å². The number of anilines is 1. The molecule has 5 heteroatoms. The van der Waals surface area contributed by atoms with Crippen molar-refractivity contribution < 1.29 is 4.42 Å². The Bertz CT molecular complexity index is 1200. The van der Waals surface area contributed by atoms with Crippen molar-refractivity contribution in [2.24, 2.45) is 0 Å². The Morgan fingerprint density at radius 3 is 2.55 bits per heavy atom. The molecule has 1 N–H and O–H groups in total. The van der Waals surface area contributed by atoms with Crippen molar-refractivity contribution in [1.29, 1.82) is 0 Å². The number of para-hydroxylation sites is 1. The predicted molar refractivity (Wildman–Crippen MR) is 116 cm³/mol. The van der Waals surface area contributed by atoms with Crippen molar-refractivity contribution in [2.75, 3.05) is 18.4 Å². The number of hydrogen-bond acceptors (Lipinski definition) is 5. The van der Waals surface area contributed by atoms with Crippen molar-refractivity contribution in [3.63, 3.8) is 0 Å². The quantitative estimate of drug-likeness (QED) is 0.416. The first-order valence-electron chi connectivity index (χ1n) is 10.1. The molecule has 5 nitrogen and oxygen atoms in total. The average molecular weight is 385 g/mol. The van der Waals surface area contributed by atoms with Gasteiger partial charge < -0.3 is 9.73 Å². The number of rotatable bonds is 4. The van der Waals surface area contributed by atoms with Gasteiger partial charge in [0.1, 0.15) is 16.8 Å². The summed E-state index contributed by atoms with van der Waals surface area (Å²) in [5.41, 5.74) is 1.62. The summed E-state index contributed by atoms with van der Waals surface area (Å²) in [6.45, 7) is 3.03. The van der Waals surface area contributed by atoms with Crippen molar-refractivity contribution in [3.8, 4) is 0 Å². The van der Waals surface area contributed by atoms with E-state index < -0.39 is 0 Å². The van der Waals surface area contributed by atoms with E-state index in [9.17, 15) is 4.79 Å². The van der Waals surface area contributed by atoms with Crippen LogP contribution in [0, 0.1) is 0 Å². The highest BCUT2D eigenvalue weighted by Crippen LogP contribution is 2.27. The molecule has 1 aliphatic rings.